The number of aryl methyl sites for hydroxylation is 2. The van der Waals surface area contributed by atoms with Crippen molar-refractivity contribution < 1.29 is 23.1 Å². The Hall–Kier alpha value is -3.85. The Bertz CT molecular complexity index is 1260. The summed E-state index contributed by atoms with van der Waals surface area (Å²) in [6.45, 7) is 5.64. The average Bonchev–Trinajstić information content (AvgIpc) is 3.33. The number of nitrogens with zero attached hydrogens (tertiary/aromatic N) is 4. The van der Waals surface area contributed by atoms with E-state index in [4.69, 9.17) is 4.74 Å². The van der Waals surface area contributed by atoms with Gasteiger partial charge in [0.05, 0.1) is 12.2 Å². The maximum Gasteiger partial charge on any atom is 0.282 e. The number of alkyl halides is 2. The van der Waals surface area contributed by atoms with Gasteiger partial charge in [0.15, 0.2) is 5.78 Å². The summed E-state index contributed by atoms with van der Waals surface area (Å²) in [5, 5.41) is 3.73. The average molecular weight is 523 g/mol. The van der Waals surface area contributed by atoms with E-state index in [2.05, 4.69) is 10.00 Å². The quantitative estimate of drug-likeness (QED) is 0.218. The van der Waals surface area contributed by atoms with Crippen molar-refractivity contribution >= 4 is 17.8 Å². The largest absolute Gasteiger partial charge is 0.494 e. The molecule has 0 saturated carbocycles. The molecule has 0 unspecified atom stereocenters. The fourth-order valence-electron chi connectivity index (χ4n) is 4.32. The van der Waals surface area contributed by atoms with Crippen molar-refractivity contribution in [1.29, 1.82) is 0 Å². The van der Waals surface area contributed by atoms with Crippen LogP contribution in [0.15, 0.2) is 60.8 Å². The molecule has 1 aliphatic heterocycles. The molecule has 9 heteroatoms. The van der Waals surface area contributed by atoms with Crippen molar-refractivity contribution in [2.45, 2.75) is 19.8 Å². The number of ketones is 1. The van der Waals surface area contributed by atoms with Crippen molar-refractivity contribution in [1.82, 2.24) is 19.6 Å². The maximum atomic E-state index is 13.2. The van der Waals surface area contributed by atoms with Crippen LogP contribution >= 0.6 is 0 Å². The molecule has 1 fully saturated rings. The molecule has 0 bridgehead atoms. The van der Waals surface area contributed by atoms with Gasteiger partial charge in [-0.1, -0.05) is 35.9 Å². The Morgan fingerprint density at radius 1 is 1.03 bits per heavy atom. The Morgan fingerprint density at radius 2 is 1.71 bits per heavy atom. The summed E-state index contributed by atoms with van der Waals surface area (Å²) in [6, 6.07) is 15.1. The number of halogens is 2. The molecule has 0 aliphatic carbocycles. The summed E-state index contributed by atoms with van der Waals surface area (Å²) in [6.07, 6.45) is 2.75. The number of aromatic nitrogens is 2. The molecule has 0 N–H and O–H groups in total. The molecule has 0 spiro atoms. The van der Waals surface area contributed by atoms with Crippen molar-refractivity contribution in [3.05, 3.63) is 88.8 Å². The lowest BCUT2D eigenvalue weighted by Crippen LogP contribution is -2.49. The molecule has 4 rings (SSSR count). The van der Waals surface area contributed by atoms with E-state index in [9.17, 15) is 18.4 Å². The van der Waals surface area contributed by atoms with Gasteiger partial charge in [-0.3, -0.25) is 19.2 Å². The third-order valence-electron chi connectivity index (χ3n) is 6.48. The smallest absolute Gasteiger partial charge is 0.282 e. The molecule has 200 valence electrons. The van der Waals surface area contributed by atoms with Crippen LogP contribution in [0.25, 0.3) is 6.08 Å². The second-order valence-electron chi connectivity index (χ2n) is 9.37. The first kappa shape index (κ1) is 27.2. The van der Waals surface area contributed by atoms with E-state index in [-0.39, 0.29) is 11.3 Å². The van der Waals surface area contributed by atoms with Gasteiger partial charge in [0.2, 0.25) is 0 Å². The molecule has 3 aromatic rings. The Balaban J connectivity index is 1.16. The van der Waals surface area contributed by atoms with Gasteiger partial charge in [0, 0.05) is 51.5 Å². The summed E-state index contributed by atoms with van der Waals surface area (Å²) in [7, 11) is 1.53. The second kappa shape index (κ2) is 12.6. The van der Waals surface area contributed by atoms with Gasteiger partial charge >= 0.3 is 0 Å². The summed E-state index contributed by atoms with van der Waals surface area (Å²) >= 11 is 0. The van der Waals surface area contributed by atoms with Crippen LogP contribution < -0.4 is 4.74 Å². The zero-order valence-corrected chi connectivity index (χ0v) is 21.6. The number of rotatable bonds is 10. The van der Waals surface area contributed by atoms with Gasteiger partial charge in [0.1, 0.15) is 11.4 Å². The molecular formula is C29H32F2N4O3. The number of piperazine rings is 1. The van der Waals surface area contributed by atoms with E-state index in [0.29, 0.717) is 44.1 Å². The molecule has 0 atom stereocenters. The first-order chi connectivity index (χ1) is 18.3. The first-order valence-electron chi connectivity index (χ1n) is 12.7. The number of carbonyl (C=O) groups excluding carboxylic acids is 2. The van der Waals surface area contributed by atoms with Gasteiger partial charge in [-0.2, -0.15) is 5.10 Å². The van der Waals surface area contributed by atoms with Crippen molar-refractivity contribution in [3.63, 3.8) is 0 Å². The van der Waals surface area contributed by atoms with Crippen LogP contribution in [0.3, 0.4) is 0 Å². The Kier molecular flexibility index (Phi) is 9.02. The van der Waals surface area contributed by atoms with Crippen LogP contribution in [0, 0.1) is 6.92 Å². The number of hydrogen-bond acceptors (Lipinski definition) is 5. The molecular weight excluding hydrogens is 490 g/mol. The highest BCUT2D eigenvalue weighted by molar-refractivity contribution is 6.06. The predicted molar refractivity (Wildman–Crippen MR) is 142 cm³/mol. The van der Waals surface area contributed by atoms with Crippen molar-refractivity contribution in [3.8, 4) is 5.75 Å². The highest BCUT2D eigenvalue weighted by Crippen LogP contribution is 2.23. The van der Waals surface area contributed by atoms with E-state index >= 15 is 0 Å². The Morgan fingerprint density at radius 3 is 2.37 bits per heavy atom. The first-order valence-corrected chi connectivity index (χ1v) is 12.7. The lowest BCUT2D eigenvalue weighted by molar-refractivity contribution is 0.0620. The van der Waals surface area contributed by atoms with Crippen LogP contribution in [-0.4, -0.2) is 70.6 Å². The summed E-state index contributed by atoms with van der Waals surface area (Å²) < 4.78 is 33.5. The molecule has 1 saturated heterocycles. The van der Waals surface area contributed by atoms with Gasteiger partial charge in [-0.15, -0.1) is 0 Å². The van der Waals surface area contributed by atoms with Crippen LogP contribution in [0.4, 0.5) is 8.78 Å². The second-order valence-corrected chi connectivity index (χ2v) is 9.37. The van der Waals surface area contributed by atoms with E-state index in [0.717, 1.165) is 18.5 Å². The van der Waals surface area contributed by atoms with E-state index in [1.807, 2.05) is 31.2 Å². The lowest BCUT2D eigenvalue weighted by Gasteiger charge is -2.34. The molecule has 1 aliphatic rings. The number of ether oxygens (including phenoxy) is 1. The third kappa shape index (κ3) is 7.13. The minimum Gasteiger partial charge on any atom is -0.494 e. The topological polar surface area (TPSA) is 67.7 Å². The summed E-state index contributed by atoms with van der Waals surface area (Å²) in [5.41, 5.74) is 2.26. The highest BCUT2D eigenvalue weighted by atomic mass is 19.3. The summed E-state index contributed by atoms with van der Waals surface area (Å²) in [5.74, 6) is 0.235. The minimum absolute atomic E-state index is 0.0284. The zero-order valence-electron chi connectivity index (χ0n) is 21.6. The van der Waals surface area contributed by atoms with Crippen molar-refractivity contribution in [2.24, 2.45) is 7.05 Å². The maximum absolute atomic E-state index is 13.2. The third-order valence-corrected chi connectivity index (χ3v) is 6.48. The molecule has 7 nitrogen and oxygen atoms in total. The fourth-order valence-corrected chi connectivity index (χ4v) is 4.32. The van der Waals surface area contributed by atoms with Crippen LogP contribution in [0.1, 0.15) is 50.4 Å². The fraction of sp³-hybridized carbons (Fsp3) is 0.345. The summed E-state index contributed by atoms with van der Waals surface area (Å²) in [4.78, 5) is 29.0. The van der Waals surface area contributed by atoms with Crippen LogP contribution in [0.2, 0.25) is 0 Å². The molecule has 2 heterocycles. The molecule has 1 aromatic heterocycles. The molecule has 0 radical (unpaired) electrons. The van der Waals surface area contributed by atoms with Gasteiger partial charge in [-0.05, 0) is 49.2 Å². The highest BCUT2D eigenvalue weighted by Gasteiger charge is 2.28. The van der Waals surface area contributed by atoms with Gasteiger partial charge in [0.25, 0.3) is 12.3 Å². The minimum atomic E-state index is -2.78. The SMILES string of the molecule is Cc1ccc(/C=C/C(=O)c2ccc(OCCCN3CCN(C(=O)c4cn(C)nc4C(F)F)CC3)cc2)cc1. The normalized spacial score (nSPS) is 14.4. The monoisotopic (exact) mass is 522 g/mol. The van der Waals surface area contributed by atoms with Gasteiger partial charge in [-0.25, -0.2) is 8.78 Å². The van der Waals surface area contributed by atoms with Crippen LogP contribution in [0.5, 0.6) is 5.75 Å². The number of hydrogen-bond donors (Lipinski definition) is 0. The van der Waals surface area contributed by atoms with E-state index in [1.54, 1.807) is 41.3 Å². The standard InChI is InChI=1S/C29H32F2N4O3/c1-21-4-6-22(7-5-21)8-13-26(36)23-9-11-24(12-10-23)38-19-3-14-34-15-17-35(18-16-34)29(37)25-20-33(2)32-27(25)28(30)31/h4-13,20,28H,3,14-19H2,1-2H3/b13-8+. The number of benzene rings is 2. The zero-order chi connectivity index (χ0) is 27.1. The van der Waals surface area contributed by atoms with E-state index < -0.39 is 18.0 Å². The Labute approximate surface area is 221 Å². The predicted octanol–water partition coefficient (Wildman–Crippen LogP) is 4.79. The molecule has 38 heavy (non-hydrogen) atoms. The number of allylic oxidation sites excluding steroid dienone is 1. The lowest BCUT2D eigenvalue weighted by atomic mass is 10.1. The van der Waals surface area contributed by atoms with E-state index in [1.165, 1.54) is 23.5 Å². The van der Waals surface area contributed by atoms with Gasteiger partial charge < -0.3 is 9.64 Å². The molecule has 1 amide bonds. The van der Waals surface area contributed by atoms with Crippen molar-refractivity contribution in [2.75, 3.05) is 39.3 Å². The number of carbonyl (C=O) groups is 2. The van der Waals surface area contributed by atoms with Crippen LogP contribution in [-0.2, 0) is 7.05 Å². The molecule has 2 aromatic carbocycles. The number of amides is 1.